The van der Waals surface area contributed by atoms with Gasteiger partial charge in [-0.15, -0.1) is 11.8 Å². The Morgan fingerprint density at radius 2 is 2.27 bits per heavy atom. The van der Waals surface area contributed by atoms with E-state index in [1.54, 1.807) is 0 Å². The van der Waals surface area contributed by atoms with Crippen LogP contribution in [-0.4, -0.2) is 18.3 Å². The second-order valence-electron chi connectivity index (χ2n) is 3.89. The van der Waals surface area contributed by atoms with Gasteiger partial charge < -0.3 is 5.32 Å². The zero-order valence-electron chi connectivity index (χ0n) is 8.71. The van der Waals surface area contributed by atoms with E-state index in [4.69, 9.17) is 11.6 Å². The maximum absolute atomic E-state index is 5.91. The predicted molar refractivity (Wildman–Crippen MR) is 67.8 cm³/mol. The molecule has 0 aromatic heterocycles. The molecule has 82 valence electrons. The van der Waals surface area contributed by atoms with Crippen LogP contribution >= 0.6 is 23.4 Å². The van der Waals surface area contributed by atoms with Crippen LogP contribution in [0.3, 0.4) is 0 Å². The number of hydrogen-bond donors (Lipinski definition) is 1. The first-order valence-corrected chi connectivity index (χ1v) is 6.83. The Hall–Kier alpha value is -0.180. The third-order valence-corrected chi connectivity index (χ3v) is 3.71. The summed E-state index contributed by atoms with van der Waals surface area (Å²) < 4.78 is 0. The third-order valence-electron chi connectivity index (χ3n) is 2.40. The van der Waals surface area contributed by atoms with E-state index >= 15 is 0 Å². The summed E-state index contributed by atoms with van der Waals surface area (Å²) in [7, 11) is 0. The van der Waals surface area contributed by atoms with Gasteiger partial charge in [-0.05, 0) is 49.8 Å². The van der Waals surface area contributed by atoms with Crippen molar-refractivity contribution in [1.82, 2.24) is 5.32 Å². The first kappa shape index (κ1) is 11.3. The lowest BCUT2D eigenvalue weighted by atomic mass is 10.4. The molecule has 0 unspecified atom stereocenters. The number of benzene rings is 1. The Bertz CT molecular complexity index is 312. The van der Waals surface area contributed by atoms with Gasteiger partial charge in [-0.3, -0.25) is 0 Å². The lowest BCUT2D eigenvalue weighted by molar-refractivity contribution is 0.674. The molecule has 0 saturated heterocycles. The molecule has 0 bridgehead atoms. The first-order valence-electron chi connectivity index (χ1n) is 5.46. The summed E-state index contributed by atoms with van der Waals surface area (Å²) in [5, 5.41) is 4.34. The molecule has 1 aliphatic carbocycles. The van der Waals surface area contributed by atoms with Gasteiger partial charge >= 0.3 is 0 Å². The maximum Gasteiger partial charge on any atom is 0.0417 e. The maximum atomic E-state index is 5.91. The van der Waals surface area contributed by atoms with Crippen molar-refractivity contribution in [1.29, 1.82) is 0 Å². The Balaban J connectivity index is 1.60. The lowest BCUT2D eigenvalue weighted by Crippen LogP contribution is -2.17. The normalized spacial score (nSPS) is 15.5. The lowest BCUT2D eigenvalue weighted by Gasteiger charge is -2.03. The zero-order chi connectivity index (χ0) is 10.5. The van der Waals surface area contributed by atoms with E-state index in [-0.39, 0.29) is 0 Å². The molecule has 1 saturated carbocycles. The summed E-state index contributed by atoms with van der Waals surface area (Å²) in [5.74, 6) is 1.17. The highest BCUT2D eigenvalue weighted by Crippen LogP contribution is 2.22. The second kappa shape index (κ2) is 5.78. The fourth-order valence-electron chi connectivity index (χ4n) is 1.41. The van der Waals surface area contributed by atoms with Crippen LogP contribution in [0.1, 0.15) is 19.3 Å². The quantitative estimate of drug-likeness (QED) is 0.604. The van der Waals surface area contributed by atoms with E-state index in [0.717, 1.165) is 17.6 Å². The van der Waals surface area contributed by atoms with Crippen LogP contribution < -0.4 is 5.32 Å². The molecule has 0 atom stereocenters. The van der Waals surface area contributed by atoms with Crippen molar-refractivity contribution in [2.45, 2.75) is 30.2 Å². The average Bonchev–Trinajstić information content (AvgIpc) is 3.01. The zero-order valence-corrected chi connectivity index (χ0v) is 10.3. The summed E-state index contributed by atoms with van der Waals surface area (Å²) in [6.07, 6.45) is 3.98. The molecule has 1 aromatic rings. The minimum absolute atomic E-state index is 0.830. The average molecular weight is 242 g/mol. The van der Waals surface area contributed by atoms with Crippen molar-refractivity contribution < 1.29 is 0 Å². The fourth-order valence-corrected chi connectivity index (χ4v) is 2.58. The SMILES string of the molecule is Clc1cccc(SCCCNC2CC2)c1. The summed E-state index contributed by atoms with van der Waals surface area (Å²) in [6.45, 7) is 1.15. The van der Waals surface area contributed by atoms with Crippen molar-refractivity contribution in [3.05, 3.63) is 29.3 Å². The standard InChI is InChI=1S/C12H16ClNS/c13-10-3-1-4-12(9-10)15-8-2-7-14-11-5-6-11/h1,3-4,9,11,14H,2,5-8H2. The number of thioether (sulfide) groups is 1. The Morgan fingerprint density at radius 1 is 1.40 bits per heavy atom. The second-order valence-corrected chi connectivity index (χ2v) is 5.49. The molecule has 2 rings (SSSR count). The van der Waals surface area contributed by atoms with Crippen molar-refractivity contribution in [3.8, 4) is 0 Å². The molecule has 1 N–H and O–H groups in total. The van der Waals surface area contributed by atoms with Gasteiger partial charge in [0.05, 0.1) is 0 Å². The van der Waals surface area contributed by atoms with Crippen LogP contribution in [0.5, 0.6) is 0 Å². The number of hydrogen-bond acceptors (Lipinski definition) is 2. The molecule has 1 nitrogen and oxygen atoms in total. The highest BCUT2D eigenvalue weighted by atomic mass is 35.5. The van der Waals surface area contributed by atoms with Crippen molar-refractivity contribution in [3.63, 3.8) is 0 Å². The van der Waals surface area contributed by atoms with Crippen molar-refractivity contribution >= 4 is 23.4 Å². The highest BCUT2D eigenvalue weighted by Gasteiger charge is 2.19. The van der Waals surface area contributed by atoms with Crippen LogP contribution in [0.25, 0.3) is 0 Å². The Labute approximate surface area is 101 Å². The number of halogens is 1. The number of rotatable bonds is 6. The van der Waals surface area contributed by atoms with Gasteiger partial charge in [-0.25, -0.2) is 0 Å². The molecular formula is C12H16ClNS. The largest absolute Gasteiger partial charge is 0.314 e. The van der Waals surface area contributed by atoms with Gasteiger partial charge in [-0.2, -0.15) is 0 Å². The Morgan fingerprint density at radius 3 is 3.00 bits per heavy atom. The van der Waals surface area contributed by atoms with Crippen molar-refractivity contribution in [2.75, 3.05) is 12.3 Å². The van der Waals surface area contributed by atoms with Gasteiger partial charge in [-0.1, -0.05) is 17.7 Å². The molecule has 15 heavy (non-hydrogen) atoms. The minimum Gasteiger partial charge on any atom is -0.314 e. The number of nitrogens with one attached hydrogen (secondary N) is 1. The van der Waals surface area contributed by atoms with Gasteiger partial charge in [0.2, 0.25) is 0 Å². The summed E-state index contributed by atoms with van der Waals surface area (Å²) in [6, 6.07) is 8.90. The van der Waals surface area contributed by atoms with Gasteiger partial charge in [0.15, 0.2) is 0 Å². The van der Waals surface area contributed by atoms with Crippen LogP contribution in [-0.2, 0) is 0 Å². The van der Waals surface area contributed by atoms with Gasteiger partial charge in [0.25, 0.3) is 0 Å². The molecule has 0 heterocycles. The van der Waals surface area contributed by atoms with Gasteiger partial charge in [0, 0.05) is 16.0 Å². The molecule has 3 heteroatoms. The van der Waals surface area contributed by atoms with E-state index in [9.17, 15) is 0 Å². The molecule has 1 aliphatic rings. The van der Waals surface area contributed by atoms with Crippen molar-refractivity contribution in [2.24, 2.45) is 0 Å². The first-order chi connectivity index (χ1) is 7.34. The Kier molecular flexibility index (Phi) is 4.36. The van der Waals surface area contributed by atoms with E-state index < -0.39 is 0 Å². The monoisotopic (exact) mass is 241 g/mol. The van der Waals surface area contributed by atoms with E-state index in [1.165, 1.54) is 29.9 Å². The highest BCUT2D eigenvalue weighted by molar-refractivity contribution is 7.99. The summed E-state index contributed by atoms with van der Waals surface area (Å²) >= 11 is 7.79. The summed E-state index contributed by atoms with van der Waals surface area (Å²) in [4.78, 5) is 1.27. The fraction of sp³-hybridized carbons (Fsp3) is 0.500. The van der Waals surface area contributed by atoms with Crippen LogP contribution in [0.4, 0.5) is 0 Å². The topological polar surface area (TPSA) is 12.0 Å². The minimum atomic E-state index is 0.830. The van der Waals surface area contributed by atoms with E-state index in [0.29, 0.717) is 0 Å². The van der Waals surface area contributed by atoms with Crippen LogP contribution in [0, 0.1) is 0 Å². The smallest absolute Gasteiger partial charge is 0.0417 e. The molecule has 0 spiro atoms. The van der Waals surface area contributed by atoms with Crippen LogP contribution in [0.15, 0.2) is 29.2 Å². The molecule has 0 radical (unpaired) electrons. The predicted octanol–water partition coefficient (Wildman–Crippen LogP) is 3.57. The summed E-state index contributed by atoms with van der Waals surface area (Å²) in [5.41, 5.74) is 0. The van der Waals surface area contributed by atoms with E-state index in [1.807, 2.05) is 30.0 Å². The molecule has 0 amide bonds. The van der Waals surface area contributed by atoms with E-state index in [2.05, 4.69) is 11.4 Å². The molecular weight excluding hydrogens is 226 g/mol. The van der Waals surface area contributed by atoms with Gasteiger partial charge in [0.1, 0.15) is 0 Å². The molecule has 1 fully saturated rings. The molecule has 1 aromatic carbocycles. The molecule has 0 aliphatic heterocycles. The third kappa shape index (κ3) is 4.45. The van der Waals surface area contributed by atoms with Crippen LogP contribution in [0.2, 0.25) is 5.02 Å².